The number of para-hydroxylation sites is 1. The molecule has 4 nitrogen and oxygen atoms in total. The molecule has 1 aromatic carbocycles. The molecule has 18 heavy (non-hydrogen) atoms. The van der Waals surface area contributed by atoms with E-state index in [2.05, 4.69) is 0 Å². The van der Waals surface area contributed by atoms with Crippen LogP contribution in [0.3, 0.4) is 0 Å². The normalized spacial score (nSPS) is 15.7. The van der Waals surface area contributed by atoms with Gasteiger partial charge in [-0.1, -0.05) is 12.1 Å². The number of ketones is 1. The predicted octanol–water partition coefficient (Wildman–Crippen LogP) is 1.56. The van der Waals surface area contributed by atoms with Gasteiger partial charge in [-0.2, -0.15) is 0 Å². The van der Waals surface area contributed by atoms with E-state index in [1.807, 2.05) is 43.3 Å². The van der Waals surface area contributed by atoms with Crippen LogP contribution in [0.5, 0.6) is 0 Å². The lowest BCUT2D eigenvalue weighted by Crippen LogP contribution is -2.39. The molecule has 1 saturated heterocycles. The van der Waals surface area contributed by atoms with Crippen molar-refractivity contribution in [3.63, 3.8) is 0 Å². The first-order valence-electron chi connectivity index (χ1n) is 6.17. The molecule has 2 rings (SSSR count). The predicted molar refractivity (Wildman–Crippen MR) is 70.9 cm³/mol. The van der Waals surface area contributed by atoms with E-state index >= 15 is 0 Å². The maximum absolute atomic E-state index is 12.4. The molecule has 0 atom stereocenters. The summed E-state index contributed by atoms with van der Waals surface area (Å²) < 4.78 is 0. The molecular formula is C14H18N2O2. The van der Waals surface area contributed by atoms with Gasteiger partial charge in [0.15, 0.2) is 0 Å². The van der Waals surface area contributed by atoms with E-state index in [0.29, 0.717) is 31.5 Å². The van der Waals surface area contributed by atoms with Crippen LogP contribution in [0.15, 0.2) is 24.3 Å². The van der Waals surface area contributed by atoms with Crippen LogP contribution in [-0.2, 0) is 4.79 Å². The number of Topliss-reactive ketones (excluding diaryl/α,β-unsaturated/α-hetero) is 1. The SMILES string of the molecule is CN(C)c1ccccc1C(=O)N1CCC(=O)CC1. The second-order valence-electron chi connectivity index (χ2n) is 4.74. The molecule has 0 unspecified atom stereocenters. The fourth-order valence-electron chi connectivity index (χ4n) is 2.17. The number of carbonyl (C=O) groups excluding carboxylic acids is 2. The fraction of sp³-hybridized carbons (Fsp3) is 0.429. The van der Waals surface area contributed by atoms with Crippen LogP contribution < -0.4 is 4.90 Å². The number of piperidine rings is 1. The highest BCUT2D eigenvalue weighted by atomic mass is 16.2. The third-order valence-corrected chi connectivity index (χ3v) is 3.22. The van der Waals surface area contributed by atoms with Gasteiger partial charge in [0, 0.05) is 45.7 Å². The van der Waals surface area contributed by atoms with E-state index in [4.69, 9.17) is 0 Å². The van der Waals surface area contributed by atoms with Crippen molar-refractivity contribution in [1.82, 2.24) is 4.90 Å². The van der Waals surface area contributed by atoms with Crippen molar-refractivity contribution in [2.45, 2.75) is 12.8 Å². The molecule has 1 aliphatic rings. The van der Waals surface area contributed by atoms with Crippen LogP contribution in [-0.4, -0.2) is 43.8 Å². The highest BCUT2D eigenvalue weighted by Crippen LogP contribution is 2.21. The molecular weight excluding hydrogens is 228 g/mol. The highest BCUT2D eigenvalue weighted by molar-refractivity contribution is 6.00. The van der Waals surface area contributed by atoms with E-state index in [0.717, 1.165) is 5.69 Å². The van der Waals surface area contributed by atoms with Crippen molar-refractivity contribution < 1.29 is 9.59 Å². The minimum absolute atomic E-state index is 0.0202. The number of nitrogens with zero attached hydrogens (tertiary/aromatic N) is 2. The Bertz CT molecular complexity index is 459. The maximum Gasteiger partial charge on any atom is 0.255 e. The number of anilines is 1. The number of likely N-dealkylation sites (tertiary alicyclic amines) is 1. The summed E-state index contributed by atoms with van der Waals surface area (Å²) >= 11 is 0. The van der Waals surface area contributed by atoms with Gasteiger partial charge >= 0.3 is 0 Å². The molecule has 1 amide bonds. The fourth-order valence-corrected chi connectivity index (χ4v) is 2.17. The lowest BCUT2D eigenvalue weighted by atomic mass is 10.1. The largest absolute Gasteiger partial charge is 0.377 e. The average molecular weight is 246 g/mol. The Kier molecular flexibility index (Phi) is 3.65. The summed E-state index contributed by atoms with van der Waals surface area (Å²) in [5.41, 5.74) is 1.62. The van der Waals surface area contributed by atoms with Crippen molar-refractivity contribution in [2.24, 2.45) is 0 Å². The van der Waals surface area contributed by atoms with Gasteiger partial charge in [-0.15, -0.1) is 0 Å². The summed E-state index contributed by atoms with van der Waals surface area (Å²) in [5.74, 6) is 0.270. The summed E-state index contributed by atoms with van der Waals surface area (Å²) in [5, 5.41) is 0. The van der Waals surface area contributed by atoms with Crippen molar-refractivity contribution in [3.8, 4) is 0 Å². The minimum atomic E-state index is 0.0202. The summed E-state index contributed by atoms with van der Waals surface area (Å²) in [4.78, 5) is 27.3. The van der Waals surface area contributed by atoms with Crippen LogP contribution in [0.4, 0.5) is 5.69 Å². The molecule has 0 radical (unpaired) electrons. The summed E-state index contributed by atoms with van der Waals surface area (Å²) in [6.45, 7) is 1.08. The Balaban J connectivity index is 2.21. The first-order chi connectivity index (χ1) is 8.59. The van der Waals surface area contributed by atoms with Crippen molar-refractivity contribution in [3.05, 3.63) is 29.8 Å². The van der Waals surface area contributed by atoms with E-state index < -0.39 is 0 Å². The maximum atomic E-state index is 12.4. The Hall–Kier alpha value is -1.84. The topological polar surface area (TPSA) is 40.6 Å². The number of benzene rings is 1. The zero-order chi connectivity index (χ0) is 13.1. The molecule has 0 bridgehead atoms. The molecule has 1 fully saturated rings. The van der Waals surface area contributed by atoms with Gasteiger partial charge in [0.1, 0.15) is 5.78 Å². The first kappa shape index (κ1) is 12.6. The lowest BCUT2D eigenvalue weighted by molar-refractivity contribution is -0.120. The minimum Gasteiger partial charge on any atom is -0.377 e. The van der Waals surface area contributed by atoms with E-state index in [1.165, 1.54) is 0 Å². The Labute approximate surface area is 107 Å². The number of carbonyl (C=O) groups is 2. The first-order valence-corrected chi connectivity index (χ1v) is 6.17. The summed E-state index contributed by atoms with van der Waals surface area (Å²) in [6.07, 6.45) is 0.964. The van der Waals surface area contributed by atoms with Gasteiger partial charge in [-0.3, -0.25) is 9.59 Å². The van der Waals surface area contributed by atoms with E-state index in [9.17, 15) is 9.59 Å². The zero-order valence-electron chi connectivity index (χ0n) is 10.8. The molecule has 0 aromatic heterocycles. The smallest absolute Gasteiger partial charge is 0.255 e. The number of amides is 1. The summed E-state index contributed by atoms with van der Waals surface area (Å²) in [6, 6.07) is 7.57. The Morgan fingerprint density at radius 3 is 2.39 bits per heavy atom. The molecule has 1 aromatic rings. The molecule has 1 aliphatic heterocycles. The van der Waals surface area contributed by atoms with Gasteiger partial charge in [0.2, 0.25) is 0 Å². The second kappa shape index (κ2) is 5.21. The monoisotopic (exact) mass is 246 g/mol. The van der Waals surface area contributed by atoms with Crippen LogP contribution in [0, 0.1) is 0 Å². The van der Waals surface area contributed by atoms with Crippen molar-refractivity contribution in [2.75, 3.05) is 32.1 Å². The van der Waals surface area contributed by atoms with Crippen molar-refractivity contribution >= 4 is 17.4 Å². The van der Waals surface area contributed by atoms with Gasteiger partial charge in [-0.25, -0.2) is 0 Å². The third-order valence-electron chi connectivity index (χ3n) is 3.22. The lowest BCUT2D eigenvalue weighted by Gasteiger charge is -2.27. The second-order valence-corrected chi connectivity index (χ2v) is 4.74. The molecule has 96 valence electrons. The van der Waals surface area contributed by atoms with Gasteiger partial charge in [0.05, 0.1) is 5.56 Å². The molecule has 0 saturated carbocycles. The van der Waals surface area contributed by atoms with Gasteiger partial charge in [-0.05, 0) is 12.1 Å². The zero-order valence-corrected chi connectivity index (χ0v) is 10.8. The molecule has 1 heterocycles. The van der Waals surface area contributed by atoms with E-state index in [-0.39, 0.29) is 11.7 Å². The third kappa shape index (κ3) is 2.53. The molecule has 0 spiro atoms. The Morgan fingerprint density at radius 2 is 1.78 bits per heavy atom. The van der Waals surface area contributed by atoms with Crippen LogP contribution in [0.25, 0.3) is 0 Å². The summed E-state index contributed by atoms with van der Waals surface area (Å²) in [7, 11) is 3.84. The van der Waals surface area contributed by atoms with Crippen LogP contribution in [0.1, 0.15) is 23.2 Å². The van der Waals surface area contributed by atoms with E-state index in [1.54, 1.807) is 4.90 Å². The molecule has 0 aliphatic carbocycles. The molecule has 4 heteroatoms. The number of hydrogen-bond acceptors (Lipinski definition) is 3. The van der Waals surface area contributed by atoms with Gasteiger partial charge < -0.3 is 9.80 Å². The quantitative estimate of drug-likeness (QED) is 0.795. The molecule has 0 N–H and O–H groups in total. The van der Waals surface area contributed by atoms with Crippen LogP contribution in [0.2, 0.25) is 0 Å². The van der Waals surface area contributed by atoms with Crippen molar-refractivity contribution in [1.29, 1.82) is 0 Å². The van der Waals surface area contributed by atoms with Crippen LogP contribution >= 0.6 is 0 Å². The highest BCUT2D eigenvalue weighted by Gasteiger charge is 2.23. The number of hydrogen-bond donors (Lipinski definition) is 0. The number of rotatable bonds is 2. The average Bonchev–Trinajstić information content (AvgIpc) is 2.39. The Morgan fingerprint density at radius 1 is 1.17 bits per heavy atom. The van der Waals surface area contributed by atoms with Gasteiger partial charge in [0.25, 0.3) is 5.91 Å². The standard InChI is InChI=1S/C14H18N2O2/c1-15(2)13-6-4-3-5-12(13)14(18)16-9-7-11(17)8-10-16/h3-6H,7-10H2,1-2H3.